The molecule has 0 aliphatic heterocycles. The molecule has 0 unspecified atom stereocenters. The molecule has 9 heteroatoms. The number of rotatable bonds is 4. The lowest BCUT2D eigenvalue weighted by molar-refractivity contribution is -0.137. The minimum absolute atomic E-state index is 0.0421. The molecule has 0 aliphatic carbocycles. The van der Waals surface area contributed by atoms with E-state index in [9.17, 15) is 27.2 Å². The van der Waals surface area contributed by atoms with E-state index >= 15 is 0 Å². The highest BCUT2D eigenvalue weighted by atomic mass is 19.4. The number of alkyl halides is 3. The van der Waals surface area contributed by atoms with Gasteiger partial charge in [-0.05, 0) is 31.2 Å². The monoisotopic (exact) mass is 405 g/mol. The normalized spacial score (nSPS) is 11.3. The highest BCUT2D eigenvalue weighted by molar-refractivity contribution is 5.92. The van der Waals surface area contributed by atoms with Crippen LogP contribution in [-0.4, -0.2) is 15.7 Å². The first-order chi connectivity index (χ1) is 13.7. The second kappa shape index (κ2) is 7.86. The molecule has 0 bridgehead atoms. The van der Waals surface area contributed by atoms with Crippen LogP contribution in [-0.2, 0) is 12.7 Å². The van der Waals surface area contributed by atoms with Gasteiger partial charge in [-0.25, -0.2) is 9.07 Å². The molecule has 1 heterocycles. The number of nitrogens with zero attached hydrogens (tertiary/aromatic N) is 2. The van der Waals surface area contributed by atoms with Crippen molar-refractivity contribution in [2.75, 3.05) is 0 Å². The van der Waals surface area contributed by atoms with Gasteiger partial charge in [0.05, 0.1) is 11.3 Å². The quantitative estimate of drug-likeness (QED) is 0.675. The first-order valence-electron chi connectivity index (χ1n) is 8.47. The summed E-state index contributed by atoms with van der Waals surface area (Å²) in [6.45, 7) is 1.31. The van der Waals surface area contributed by atoms with E-state index in [0.717, 1.165) is 22.9 Å². The van der Waals surface area contributed by atoms with Gasteiger partial charge in [-0.15, -0.1) is 0 Å². The first kappa shape index (κ1) is 20.2. The standard InChI is InChI=1S/C20H15F4N3O2/c1-12-9-17(28)18(19(29)25-11-13-5-2-3-8-16(13)21)26-27(12)15-7-4-6-14(10-15)20(22,23)24/h2-10H,11H2,1H3,(H,25,29). The van der Waals surface area contributed by atoms with E-state index in [1.54, 1.807) is 6.07 Å². The van der Waals surface area contributed by atoms with Crippen LogP contribution in [0.5, 0.6) is 0 Å². The average molecular weight is 405 g/mol. The highest BCUT2D eigenvalue weighted by Gasteiger charge is 2.30. The number of carbonyl (C=O) groups is 1. The molecule has 0 fully saturated rings. The molecule has 0 radical (unpaired) electrons. The molecule has 0 saturated carbocycles. The van der Waals surface area contributed by atoms with Crippen molar-refractivity contribution in [3.63, 3.8) is 0 Å². The fourth-order valence-electron chi connectivity index (χ4n) is 2.68. The minimum Gasteiger partial charge on any atom is -0.346 e. The summed E-state index contributed by atoms with van der Waals surface area (Å²) in [6.07, 6.45) is -4.55. The summed E-state index contributed by atoms with van der Waals surface area (Å²) in [4.78, 5) is 24.6. The number of halogens is 4. The predicted octanol–water partition coefficient (Wildman–Crippen LogP) is 3.63. The van der Waals surface area contributed by atoms with Gasteiger partial charge in [-0.1, -0.05) is 24.3 Å². The Morgan fingerprint density at radius 2 is 1.83 bits per heavy atom. The number of benzene rings is 2. The van der Waals surface area contributed by atoms with Crippen LogP contribution in [0.2, 0.25) is 0 Å². The van der Waals surface area contributed by atoms with E-state index in [2.05, 4.69) is 10.4 Å². The van der Waals surface area contributed by atoms with Crippen molar-refractivity contribution in [2.45, 2.75) is 19.6 Å². The molecule has 5 nitrogen and oxygen atoms in total. The second-order valence-corrected chi connectivity index (χ2v) is 6.23. The van der Waals surface area contributed by atoms with E-state index in [4.69, 9.17) is 0 Å². The fourth-order valence-corrected chi connectivity index (χ4v) is 2.68. The maximum atomic E-state index is 13.7. The van der Waals surface area contributed by atoms with Crippen LogP contribution in [0, 0.1) is 12.7 Å². The lowest BCUT2D eigenvalue weighted by Gasteiger charge is -2.13. The molecule has 0 atom stereocenters. The number of aromatic nitrogens is 2. The van der Waals surface area contributed by atoms with Gasteiger partial charge in [0.15, 0.2) is 5.69 Å². The summed E-state index contributed by atoms with van der Waals surface area (Å²) < 4.78 is 53.7. The number of hydrogen-bond acceptors (Lipinski definition) is 3. The van der Waals surface area contributed by atoms with Crippen LogP contribution < -0.4 is 10.7 Å². The molecule has 0 spiro atoms. The summed E-state index contributed by atoms with van der Waals surface area (Å²) in [7, 11) is 0. The van der Waals surface area contributed by atoms with E-state index in [1.807, 2.05) is 0 Å². The van der Waals surface area contributed by atoms with E-state index in [-0.39, 0.29) is 23.5 Å². The van der Waals surface area contributed by atoms with Crippen LogP contribution in [0.4, 0.5) is 17.6 Å². The van der Waals surface area contributed by atoms with Gasteiger partial charge in [0.2, 0.25) is 5.43 Å². The summed E-state index contributed by atoms with van der Waals surface area (Å²) in [6, 6.07) is 11.2. The Balaban J connectivity index is 1.93. The van der Waals surface area contributed by atoms with E-state index in [1.165, 1.54) is 37.3 Å². The van der Waals surface area contributed by atoms with Crippen molar-refractivity contribution in [2.24, 2.45) is 0 Å². The Morgan fingerprint density at radius 3 is 2.52 bits per heavy atom. The maximum Gasteiger partial charge on any atom is 0.416 e. The molecule has 0 aliphatic rings. The molecule has 3 rings (SSSR count). The van der Waals surface area contributed by atoms with Crippen molar-refractivity contribution in [1.29, 1.82) is 0 Å². The molecule has 29 heavy (non-hydrogen) atoms. The van der Waals surface area contributed by atoms with Crippen LogP contribution in [0.15, 0.2) is 59.4 Å². The van der Waals surface area contributed by atoms with Crippen molar-refractivity contribution >= 4 is 5.91 Å². The van der Waals surface area contributed by atoms with Gasteiger partial charge >= 0.3 is 6.18 Å². The number of carbonyl (C=O) groups excluding carboxylic acids is 1. The number of nitrogens with one attached hydrogen (secondary N) is 1. The number of hydrogen-bond donors (Lipinski definition) is 1. The molecule has 3 aromatic rings. The zero-order valence-electron chi connectivity index (χ0n) is 15.1. The smallest absolute Gasteiger partial charge is 0.346 e. The van der Waals surface area contributed by atoms with Crippen molar-refractivity contribution < 1.29 is 22.4 Å². The minimum atomic E-state index is -4.55. The van der Waals surface area contributed by atoms with Crippen molar-refractivity contribution in [1.82, 2.24) is 15.1 Å². The topological polar surface area (TPSA) is 64.0 Å². The average Bonchev–Trinajstić information content (AvgIpc) is 2.66. The van der Waals surface area contributed by atoms with Gasteiger partial charge < -0.3 is 5.32 Å². The SMILES string of the molecule is Cc1cc(=O)c(C(=O)NCc2ccccc2F)nn1-c1cccc(C(F)(F)F)c1. The molecule has 1 aromatic heterocycles. The lowest BCUT2D eigenvalue weighted by Crippen LogP contribution is -2.31. The van der Waals surface area contributed by atoms with E-state index in [0.29, 0.717) is 0 Å². The number of amides is 1. The molecular weight excluding hydrogens is 390 g/mol. The Hall–Kier alpha value is -3.49. The number of aryl methyl sites for hydroxylation is 1. The largest absolute Gasteiger partial charge is 0.416 e. The van der Waals surface area contributed by atoms with E-state index < -0.39 is 34.6 Å². The summed E-state index contributed by atoms with van der Waals surface area (Å²) in [5.41, 5.74) is -1.59. The van der Waals surface area contributed by atoms with Crippen LogP contribution in [0.25, 0.3) is 5.69 Å². The van der Waals surface area contributed by atoms with Gasteiger partial charge in [0, 0.05) is 23.9 Å². The fraction of sp³-hybridized carbons (Fsp3) is 0.150. The molecular formula is C20H15F4N3O2. The second-order valence-electron chi connectivity index (χ2n) is 6.23. The third-order valence-corrected chi connectivity index (χ3v) is 4.14. The Labute approximate surface area is 162 Å². The van der Waals surface area contributed by atoms with Crippen LogP contribution in [0.3, 0.4) is 0 Å². The van der Waals surface area contributed by atoms with Gasteiger partial charge in [0.1, 0.15) is 5.82 Å². The lowest BCUT2D eigenvalue weighted by atomic mass is 10.2. The maximum absolute atomic E-state index is 13.7. The summed E-state index contributed by atoms with van der Waals surface area (Å²) in [5, 5.41) is 6.33. The molecule has 0 saturated heterocycles. The van der Waals surface area contributed by atoms with Gasteiger partial charge in [-0.3, -0.25) is 9.59 Å². The first-order valence-corrected chi connectivity index (χ1v) is 8.47. The van der Waals surface area contributed by atoms with Gasteiger partial charge in [0.25, 0.3) is 5.91 Å². The predicted molar refractivity (Wildman–Crippen MR) is 97.1 cm³/mol. The molecule has 150 valence electrons. The molecule has 1 N–H and O–H groups in total. The summed E-state index contributed by atoms with van der Waals surface area (Å²) in [5.74, 6) is -1.38. The molecule has 2 aromatic carbocycles. The zero-order valence-corrected chi connectivity index (χ0v) is 15.1. The van der Waals surface area contributed by atoms with Crippen LogP contribution >= 0.6 is 0 Å². The third kappa shape index (κ3) is 4.50. The Bertz CT molecular complexity index is 1120. The zero-order chi connectivity index (χ0) is 21.2. The molecule has 1 amide bonds. The van der Waals surface area contributed by atoms with Crippen LogP contribution in [0.1, 0.15) is 27.3 Å². The Kier molecular flexibility index (Phi) is 5.49. The van der Waals surface area contributed by atoms with Crippen molar-refractivity contribution in [3.8, 4) is 5.69 Å². The highest BCUT2D eigenvalue weighted by Crippen LogP contribution is 2.30. The third-order valence-electron chi connectivity index (χ3n) is 4.14. The summed E-state index contributed by atoms with van der Waals surface area (Å²) >= 11 is 0. The van der Waals surface area contributed by atoms with Crippen molar-refractivity contribution in [3.05, 3.63) is 93.2 Å². The Morgan fingerprint density at radius 1 is 1.10 bits per heavy atom. The van der Waals surface area contributed by atoms with Gasteiger partial charge in [-0.2, -0.15) is 18.3 Å².